The molecule has 0 aromatic heterocycles. The van der Waals surface area contributed by atoms with Crippen LogP contribution in [0.15, 0.2) is 18.2 Å². The van der Waals surface area contributed by atoms with Crippen LogP contribution in [-0.4, -0.2) is 41.5 Å². The maximum atomic E-state index is 11.9. The van der Waals surface area contributed by atoms with Crippen molar-refractivity contribution in [2.45, 2.75) is 32.1 Å². The first-order chi connectivity index (χ1) is 10.8. The summed E-state index contributed by atoms with van der Waals surface area (Å²) in [5.41, 5.74) is 0.899. The first-order valence-electron chi connectivity index (χ1n) is 7.39. The average Bonchev–Trinajstić information content (AvgIpc) is 2.51. The van der Waals surface area contributed by atoms with E-state index >= 15 is 0 Å². The fourth-order valence-electron chi connectivity index (χ4n) is 1.80. The second-order valence-electron chi connectivity index (χ2n) is 5.96. The molecule has 1 unspecified atom stereocenters. The molecule has 0 aliphatic heterocycles. The first-order valence-corrected chi connectivity index (χ1v) is 8.71. The Kier molecular flexibility index (Phi) is 7.35. The van der Waals surface area contributed by atoms with E-state index < -0.39 is 10.8 Å². The van der Waals surface area contributed by atoms with E-state index in [9.17, 15) is 9.00 Å². The van der Waals surface area contributed by atoms with Crippen molar-refractivity contribution in [3.63, 3.8) is 0 Å². The summed E-state index contributed by atoms with van der Waals surface area (Å²) in [5, 5.41) is 5.46. The van der Waals surface area contributed by atoms with Crippen LogP contribution in [-0.2, 0) is 17.3 Å². The van der Waals surface area contributed by atoms with E-state index in [2.05, 4.69) is 10.6 Å². The van der Waals surface area contributed by atoms with Gasteiger partial charge < -0.3 is 20.1 Å². The van der Waals surface area contributed by atoms with Gasteiger partial charge in [-0.1, -0.05) is 6.07 Å². The van der Waals surface area contributed by atoms with Gasteiger partial charge in [-0.05, 0) is 38.5 Å². The van der Waals surface area contributed by atoms with E-state index in [1.54, 1.807) is 20.3 Å². The van der Waals surface area contributed by atoms with Crippen molar-refractivity contribution in [1.29, 1.82) is 0 Å². The Hall–Kier alpha value is -1.76. The van der Waals surface area contributed by atoms with Crippen LogP contribution in [0.2, 0.25) is 0 Å². The molecule has 0 heterocycles. The zero-order chi connectivity index (χ0) is 17.5. The lowest BCUT2D eigenvalue weighted by Crippen LogP contribution is -2.38. The molecule has 0 aliphatic carbocycles. The van der Waals surface area contributed by atoms with Crippen molar-refractivity contribution in [2.75, 3.05) is 26.5 Å². The molecule has 130 valence electrons. The summed E-state index contributed by atoms with van der Waals surface area (Å²) < 4.78 is 22.0. The summed E-state index contributed by atoms with van der Waals surface area (Å²) in [6, 6.07) is 5.18. The number of carbonyl (C=O) groups is 1. The molecule has 2 amide bonds. The molecule has 0 spiro atoms. The standard InChI is InChI=1S/C16H26N2O4S/c1-16(2,3)23(20)9-8-17-15(19)18-11-12-6-7-13(21-4)14(10-12)22-5/h6-7,10H,8-9,11H2,1-5H3,(H2,17,18,19). The quantitative estimate of drug-likeness (QED) is 0.795. The highest BCUT2D eigenvalue weighted by atomic mass is 32.2. The fourth-order valence-corrected chi connectivity index (χ4v) is 2.70. The minimum absolute atomic E-state index is 0.266. The van der Waals surface area contributed by atoms with Crippen LogP contribution >= 0.6 is 0 Å². The van der Waals surface area contributed by atoms with E-state index in [1.807, 2.05) is 32.9 Å². The van der Waals surface area contributed by atoms with Crippen molar-refractivity contribution in [3.05, 3.63) is 23.8 Å². The summed E-state index contributed by atoms with van der Waals surface area (Å²) in [4.78, 5) is 11.7. The minimum atomic E-state index is -0.975. The normalized spacial score (nSPS) is 12.4. The summed E-state index contributed by atoms with van der Waals surface area (Å²) in [7, 11) is 2.17. The maximum absolute atomic E-state index is 11.9. The second kappa shape index (κ2) is 8.76. The van der Waals surface area contributed by atoms with Crippen LogP contribution in [0.1, 0.15) is 26.3 Å². The Morgan fingerprint density at radius 3 is 2.35 bits per heavy atom. The molecule has 2 N–H and O–H groups in total. The van der Waals surface area contributed by atoms with Crippen LogP contribution in [0.25, 0.3) is 0 Å². The number of hydrogen-bond donors (Lipinski definition) is 2. The fraction of sp³-hybridized carbons (Fsp3) is 0.562. The third kappa shape index (κ3) is 6.48. The van der Waals surface area contributed by atoms with Crippen molar-refractivity contribution < 1.29 is 18.5 Å². The Morgan fingerprint density at radius 1 is 1.13 bits per heavy atom. The van der Waals surface area contributed by atoms with Crippen LogP contribution in [0, 0.1) is 0 Å². The SMILES string of the molecule is COc1ccc(CNC(=O)NCCS(=O)C(C)(C)C)cc1OC. The van der Waals surface area contributed by atoms with Crippen molar-refractivity contribution in [2.24, 2.45) is 0 Å². The highest BCUT2D eigenvalue weighted by molar-refractivity contribution is 7.86. The van der Waals surface area contributed by atoms with Gasteiger partial charge in [-0.2, -0.15) is 0 Å². The van der Waals surface area contributed by atoms with E-state index in [-0.39, 0.29) is 10.8 Å². The molecule has 0 fully saturated rings. The molecule has 1 atom stereocenters. The predicted octanol–water partition coefficient (Wildman–Crippen LogP) is 2.05. The third-order valence-electron chi connectivity index (χ3n) is 3.16. The number of urea groups is 1. The topological polar surface area (TPSA) is 76.7 Å². The van der Waals surface area contributed by atoms with Gasteiger partial charge in [-0.3, -0.25) is 4.21 Å². The van der Waals surface area contributed by atoms with Crippen LogP contribution in [0.5, 0.6) is 11.5 Å². The largest absolute Gasteiger partial charge is 0.493 e. The molecule has 0 bridgehead atoms. The molecule has 0 saturated carbocycles. The number of carbonyl (C=O) groups excluding carboxylic acids is 1. The monoisotopic (exact) mass is 342 g/mol. The second-order valence-corrected chi connectivity index (χ2v) is 8.28. The zero-order valence-electron chi connectivity index (χ0n) is 14.4. The van der Waals surface area contributed by atoms with Crippen LogP contribution in [0.3, 0.4) is 0 Å². The molecule has 1 aromatic carbocycles. The van der Waals surface area contributed by atoms with Gasteiger partial charge in [0.1, 0.15) is 0 Å². The van der Waals surface area contributed by atoms with Gasteiger partial charge in [-0.25, -0.2) is 4.79 Å². The van der Waals surface area contributed by atoms with Crippen LogP contribution < -0.4 is 20.1 Å². The smallest absolute Gasteiger partial charge is 0.315 e. The number of benzene rings is 1. The van der Waals surface area contributed by atoms with E-state index in [1.165, 1.54) is 0 Å². The number of amides is 2. The molecule has 0 radical (unpaired) electrons. The molecule has 6 nitrogen and oxygen atoms in total. The Balaban J connectivity index is 2.40. The maximum Gasteiger partial charge on any atom is 0.315 e. The third-order valence-corrected chi connectivity index (χ3v) is 5.10. The van der Waals surface area contributed by atoms with Gasteiger partial charge in [0.2, 0.25) is 0 Å². The Bertz CT molecular complexity index is 556. The van der Waals surface area contributed by atoms with Gasteiger partial charge in [0.05, 0.1) is 14.2 Å². The van der Waals surface area contributed by atoms with Crippen molar-refractivity contribution in [3.8, 4) is 11.5 Å². The number of rotatable bonds is 7. The van der Waals surface area contributed by atoms with Gasteiger partial charge in [0, 0.05) is 34.4 Å². The molecular formula is C16H26N2O4S. The molecule has 1 aromatic rings. The Labute approximate surface area is 140 Å². The van der Waals surface area contributed by atoms with E-state index in [0.29, 0.717) is 30.3 Å². The van der Waals surface area contributed by atoms with Gasteiger partial charge >= 0.3 is 6.03 Å². The summed E-state index contributed by atoms with van der Waals surface area (Å²) in [5.74, 6) is 1.70. The lowest BCUT2D eigenvalue weighted by molar-refractivity contribution is 0.241. The molecule has 23 heavy (non-hydrogen) atoms. The average molecular weight is 342 g/mol. The molecule has 0 aliphatic rings. The predicted molar refractivity (Wildman–Crippen MR) is 92.5 cm³/mol. The van der Waals surface area contributed by atoms with Gasteiger partial charge in [0.15, 0.2) is 11.5 Å². The molecule has 1 rings (SSSR count). The molecular weight excluding hydrogens is 316 g/mol. The van der Waals surface area contributed by atoms with E-state index in [4.69, 9.17) is 9.47 Å². The highest BCUT2D eigenvalue weighted by Crippen LogP contribution is 2.27. The Morgan fingerprint density at radius 2 is 1.78 bits per heavy atom. The van der Waals surface area contributed by atoms with Crippen LogP contribution in [0.4, 0.5) is 4.79 Å². The summed E-state index contributed by atoms with van der Waals surface area (Å²) in [6.45, 7) is 6.50. The number of methoxy groups -OCH3 is 2. The number of nitrogens with one attached hydrogen (secondary N) is 2. The highest BCUT2D eigenvalue weighted by Gasteiger charge is 2.18. The molecule has 7 heteroatoms. The van der Waals surface area contributed by atoms with E-state index in [0.717, 1.165) is 5.56 Å². The molecule has 0 saturated heterocycles. The minimum Gasteiger partial charge on any atom is -0.493 e. The lowest BCUT2D eigenvalue weighted by Gasteiger charge is -2.17. The lowest BCUT2D eigenvalue weighted by atomic mass is 10.2. The zero-order valence-corrected chi connectivity index (χ0v) is 15.2. The first kappa shape index (κ1) is 19.3. The summed E-state index contributed by atoms with van der Waals surface area (Å²) in [6.07, 6.45) is 0. The number of hydrogen-bond acceptors (Lipinski definition) is 4. The number of ether oxygens (including phenoxy) is 2. The summed E-state index contributed by atoms with van der Waals surface area (Å²) >= 11 is 0. The van der Waals surface area contributed by atoms with Gasteiger partial charge in [0.25, 0.3) is 0 Å². The van der Waals surface area contributed by atoms with Crippen molar-refractivity contribution in [1.82, 2.24) is 10.6 Å². The van der Waals surface area contributed by atoms with Crippen molar-refractivity contribution >= 4 is 16.8 Å². The van der Waals surface area contributed by atoms with Gasteiger partial charge in [-0.15, -0.1) is 0 Å².